The number of benzene rings is 2. The third-order valence-corrected chi connectivity index (χ3v) is 3.22. The molecule has 0 amide bonds. The van der Waals surface area contributed by atoms with E-state index in [0.717, 1.165) is 10.8 Å². The molecule has 2 N–H and O–H groups in total. The average molecular weight is 640 g/mol. The second-order valence-corrected chi connectivity index (χ2v) is 4.70. The first kappa shape index (κ1) is 22.8. The summed E-state index contributed by atoms with van der Waals surface area (Å²) in [5, 5.41) is 20.5. The molecule has 0 saturated heterocycles. The molecule has 2 aromatic carbocycles. The second kappa shape index (κ2) is 12.2. The fraction of sp³-hybridized carbons (Fsp3) is 0. The molecule has 25 heavy (non-hydrogen) atoms. The fourth-order valence-corrected chi connectivity index (χ4v) is 2.18. The third kappa shape index (κ3) is 6.47. The maximum absolute atomic E-state index is 9.31. The van der Waals surface area contributed by atoms with Crippen LogP contribution in [0.5, 0.6) is 11.5 Å². The number of rotatable bonds is 0. The van der Waals surface area contributed by atoms with E-state index in [0.29, 0.717) is 11.0 Å². The summed E-state index contributed by atoms with van der Waals surface area (Å²) >= 11 is 1.33. The van der Waals surface area contributed by atoms with E-state index in [9.17, 15) is 10.2 Å². The van der Waals surface area contributed by atoms with Gasteiger partial charge in [-0.25, -0.2) is 0 Å². The Kier molecular flexibility index (Phi) is 11.2. The number of phenols is 2. The van der Waals surface area contributed by atoms with Gasteiger partial charge in [0.1, 0.15) is 22.5 Å². The van der Waals surface area contributed by atoms with Gasteiger partial charge in [0, 0.05) is 63.1 Å². The topological polar surface area (TPSA) is 66.2 Å². The van der Waals surface area contributed by atoms with Crippen LogP contribution >= 0.6 is 5.97 Å². The summed E-state index contributed by atoms with van der Waals surface area (Å²) in [7, 11) is 0. The Morgan fingerprint density at radius 3 is 1.36 bits per heavy atom. The zero-order valence-corrected chi connectivity index (χ0v) is 18.1. The Balaban J connectivity index is 0.000000220. The molecular weight excluding hydrogens is 626 g/mol. The quantitative estimate of drug-likeness (QED) is 0.296. The first-order valence-electron chi connectivity index (χ1n) is 6.94. The minimum Gasteiger partial charge on any atom is 0 e. The maximum atomic E-state index is 9.31. The van der Waals surface area contributed by atoms with Crippen LogP contribution < -0.4 is 0 Å². The van der Waals surface area contributed by atoms with Gasteiger partial charge in [0.05, 0.1) is 0 Å². The number of pyridine rings is 2. The van der Waals surface area contributed by atoms with Crippen LogP contribution in [0, 0.1) is 76.3 Å². The molecule has 0 bridgehead atoms. The summed E-state index contributed by atoms with van der Waals surface area (Å²) < 4.78 is 0. The smallest absolute Gasteiger partial charge is 0 e. The van der Waals surface area contributed by atoms with Crippen molar-refractivity contribution in [1.82, 2.24) is 9.97 Å². The van der Waals surface area contributed by atoms with Gasteiger partial charge in [0.25, 0.3) is 0 Å². The molecule has 0 saturated carbocycles. The SMILES string of the molecule is Oc1cccc2cccnc12.Oc1cccc2cccnc12.[Cl][Gd].[Gd]. The van der Waals surface area contributed by atoms with E-state index >= 15 is 0 Å². The van der Waals surface area contributed by atoms with Crippen LogP contribution in [0.25, 0.3) is 21.8 Å². The van der Waals surface area contributed by atoms with Crippen LogP contribution in [0.3, 0.4) is 0 Å². The zero-order chi connectivity index (χ0) is 17.4. The Hall–Kier alpha value is -0.201. The molecular formula is C18H14ClGd2N2O2. The van der Waals surface area contributed by atoms with Gasteiger partial charge in [-0.3, -0.25) is 9.97 Å². The van der Waals surface area contributed by atoms with Crippen molar-refractivity contribution in [2.75, 3.05) is 0 Å². The van der Waals surface area contributed by atoms with Crippen molar-refractivity contribution >= 4 is 27.8 Å². The van der Waals surface area contributed by atoms with Crippen molar-refractivity contribution < 1.29 is 86.5 Å². The summed E-state index contributed by atoms with van der Waals surface area (Å²) in [4.78, 5) is 8.06. The molecule has 2 heterocycles. The molecule has 131 valence electrons. The summed E-state index contributed by atoms with van der Waals surface area (Å²) in [5.41, 5.74) is 1.32. The predicted molar refractivity (Wildman–Crippen MR) is 92.7 cm³/mol. The average Bonchev–Trinajstić information content (AvgIpc) is 2.65. The summed E-state index contributed by atoms with van der Waals surface area (Å²) in [6.45, 7) is 0. The molecule has 4 nitrogen and oxygen atoms in total. The molecule has 0 atom stereocenters. The maximum Gasteiger partial charge on any atom is 0 e. The molecule has 4 rings (SSSR count). The van der Waals surface area contributed by atoms with E-state index < -0.39 is 0 Å². The molecule has 0 fully saturated rings. The first-order chi connectivity index (χ1) is 11.8. The summed E-state index contributed by atoms with van der Waals surface area (Å²) in [6.07, 6.45) is 3.34. The molecule has 0 aliphatic heterocycles. The molecule has 7 heteroatoms. The Morgan fingerprint density at radius 2 is 1.00 bits per heavy atom. The minimum absolute atomic E-state index is 0. The van der Waals surface area contributed by atoms with Crippen LogP contribution in [-0.4, -0.2) is 20.2 Å². The van der Waals surface area contributed by atoms with Gasteiger partial charge >= 0.3 is 42.3 Å². The Labute approximate surface area is 205 Å². The third-order valence-electron chi connectivity index (χ3n) is 3.22. The normalized spacial score (nSPS) is 9.20. The number of nitrogens with zero attached hydrogens (tertiary/aromatic N) is 2. The Bertz CT molecular complexity index is 851. The van der Waals surface area contributed by atoms with Crippen molar-refractivity contribution in [3.05, 3.63) is 73.1 Å². The van der Waals surface area contributed by atoms with Crippen LogP contribution in [0.2, 0.25) is 0 Å². The molecule has 0 spiro atoms. The number of halogens is 1. The number of aromatic nitrogens is 2. The van der Waals surface area contributed by atoms with Gasteiger partial charge in [0.15, 0.2) is 0 Å². The van der Waals surface area contributed by atoms with Crippen molar-refractivity contribution in [3.8, 4) is 11.5 Å². The monoisotopic (exact) mass is 641 g/mol. The van der Waals surface area contributed by atoms with Crippen LogP contribution in [0.1, 0.15) is 0 Å². The van der Waals surface area contributed by atoms with Gasteiger partial charge in [0.2, 0.25) is 0 Å². The van der Waals surface area contributed by atoms with E-state index in [1.165, 1.54) is 36.4 Å². The van der Waals surface area contributed by atoms with Gasteiger partial charge in [-0.15, -0.1) is 0 Å². The molecule has 0 unspecified atom stereocenters. The molecule has 0 aliphatic carbocycles. The molecule has 0 aliphatic rings. The van der Waals surface area contributed by atoms with E-state index in [2.05, 4.69) is 15.9 Å². The zero-order valence-electron chi connectivity index (χ0n) is 12.8. The van der Waals surface area contributed by atoms with Crippen molar-refractivity contribution in [2.24, 2.45) is 0 Å². The van der Waals surface area contributed by atoms with Gasteiger partial charge in [-0.2, -0.15) is 0 Å². The summed E-state index contributed by atoms with van der Waals surface area (Å²) in [5.74, 6) is 5.14. The van der Waals surface area contributed by atoms with Crippen LogP contribution in [0.15, 0.2) is 73.1 Å². The van der Waals surface area contributed by atoms with Crippen molar-refractivity contribution in [3.63, 3.8) is 0 Å². The van der Waals surface area contributed by atoms with Gasteiger partial charge < -0.3 is 10.2 Å². The predicted octanol–water partition coefficient (Wildman–Crippen LogP) is 4.57. The molecule has 2 aromatic heterocycles. The summed E-state index contributed by atoms with van der Waals surface area (Å²) in [6, 6.07) is 18.3. The van der Waals surface area contributed by atoms with E-state index in [1.807, 2.05) is 36.4 Å². The van der Waals surface area contributed by atoms with Gasteiger partial charge in [-0.05, 0) is 24.3 Å². The number of phenolic OH excluding ortho intramolecular Hbond substituents is 2. The van der Waals surface area contributed by atoms with E-state index in [-0.39, 0.29) is 51.4 Å². The van der Waals surface area contributed by atoms with Crippen molar-refractivity contribution in [1.29, 1.82) is 0 Å². The number of hydrogen-bond donors (Lipinski definition) is 2. The molecule has 4 aromatic rings. The van der Waals surface area contributed by atoms with Crippen LogP contribution in [0.4, 0.5) is 0 Å². The number of aromatic hydroxyl groups is 2. The number of para-hydroxylation sites is 2. The largest absolute Gasteiger partial charge is 0 e. The standard InChI is InChI=1S/2C9H7NO.ClH.2Gd/c2*11-8-5-1-3-7-4-2-6-10-9(7)8;;;/h2*1-6,11H;1H;;/q;;;;+1/p-1. The Morgan fingerprint density at radius 1 is 0.640 bits per heavy atom. The number of fused-ring (bicyclic) bond motifs is 2. The molecule has 0 radical (unpaired) electrons. The van der Waals surface area contributed by atoms with Gasteiger partial charge in [-0.1, -0.05) is 36.4 Å². The first-order valence-corrected chi connectivity index (χ1v) is 9.78. The number of hydrogen-bond acceptors (Lipinski definition) is 4. The van der Waals surface area contributed by atoms with Crippen molar-refractivity contribution in [2.45, 2.75) is 0 Å². The van der Waals surface area contributed by atoms with E-state index in [1.54, 1.807) is 36.7 Å². The van der Waals surface area contributed by atoms with E-state index in [4.69, 9.17) is 0 Å². The minimum atomic E-state index is 0. The van der Waals surface area contributed by atoms with Crippen LogP contribution in [-0.2, 0) is 0 Å². The fourth-order valence-electron chi connectivity index (χ4n) is 2.18. The second-order valence-electron chi connectivity index (χ2n) is 4.70.